The van der Waals surface area contributed by atoms with Crippen molar-refractivity contribution in [3.05, 3.63) is 41.2 Å². The van der Waals surface area contributed by atoms with Gasteiger partial charge in [-0.25, -0.2) is 9.78 Å². The fourth-order valence-electron chi connectivity index (χ4n) is 1.81. The van der Waals surface area contributed by atoms with E-state index in [1.165, 1.54) is 11.8 Å². The van der Waals surface area contributed by atoms with Crippen LogP contribution >= 0.6 is 0 Å². The highest BCUT2D eigenvalue weighted by atomic mass is 16.6. The van der Waals surface area contributed by atoms with Gasteiger partial charge in [-0.3, -0.25) is 0 Å². The number of nitrogens with zero attached hydrogens (tertiary/aromatic N) is 2. The van der Waals surface area contributed by atoms with E-state index in [4.69, 9.17) is 9.94 Å². The van der Waals surface area contributed by atoms with Gasteiger partial charge in [-0.1, -0.05) is 29.8 Å². The van der Waals surface area contributed by atoms with Gasteiger partial charge in [-0.05, 0) is 13.8 Å². The summed E-state index contributed by atoms with van der Waals surface area (Å²) in [5.74, 6) is -0.562. The summed E-state index contributed by atoms with van der Waals surface area (Å²) in [6, 6.07) is 7.66. The van der Waals surface area contributed by atoms with E-state index in [2.05, 4.69) is 4.98 Å². The summed E-state index contributed by atoms with van der Waals surface area (Å²) in [7, 11) is 1.42. The van der Waals surface area contributed by atoms with Gasteiger partial charge in [0, 0.05) is 5.56 Å². The van der Waals surface area contributed by atoms with Gasteiger partial charge in [0.1, 0.15) is 7.11 Å². The minimum atomic E-state index is -1.06. The monoisotopic (exact) mass is 246 g/mol. The number of hydrogen-bond donors (Lipinski definition) is 1. The number of aromatic carboxylic acids is 1. The summed E-state index contributed by atoms with van der Waals surface area (Å²) in [4.78, 5) is 20.5. The van der Waals surface area contributed by atoms with E-state index in [1.54, 1.807) is 6.92 Å². The lowest BCUT2D eigenvalue weighted by atomic mass is 10.1. The van der Waals surface area contributed by atoms with Crippen LogP contribution < -0.4 is 4.84 Å². The number of carboxylic acids is 1. The van der Waals surface area contributed by atoms with Crippen LogP contribution in [-0.4, -0.2) is 27.9 Å². The maximum Gasteiger partial charge on any atom is 0.357 e. The lowest BCUT2D eigenvalue weighted by Crippen LogP contribution is -2.15. The number of hydrogen-bond acceptors (Lipinski definition) is 3. The first kappa shape index (κ1) is 12.2. The first-order valence-corrected chi connectivity index (χ1v) is 5.48. The average molecular weight is 246 g/mol. The summed E-state index contributed by atoms with van der Waals surface area (Å²) in [6.45, 7) is 3.64. The fourth-order valence-corrected chi connectivity index (χ4v) is 1.81. The van der Waals surface area contributed by atoms with Crippen molar-refractivity contribution in [3.8, 4) is 11.4 Å². The highest BCUT2D eigenvalue weighted by molar-refractivity contribution is 5.88. The summed E-state index contributed by atoms with van der Waals surface area (Å²) in [5.41, 5.74) is 2.43. The predicted octanol–water partition coefficient (Wildman–Crippen LogP) is 1.92. The lowest BCUT2D eigenvalue weighted by Gasteiger charge is -2.07. The normalized spacial score (nSPS) is 10.4. The van der Waals surface area contributed by atoms with Gasteiger partial charge >= 0.3 is 5.97 Å². The highest BCUT2D eigenvalue weighted by Crippen LogP contribution is 2.21. The summed E-state index contributed by atoms with van der Waals surface area (Å²) < 4.78 is 1.24. The first-order chi connectivity index (χ1) is 8.54. The maximum atomic E-state index is 11.2. The van der Waals surface area contributed by atoms with Crippen molar-refractivity contribution < 1.29 is 14.7 Å². The molecule has 5 heteroatoms. The second-order valence-electron chi connectivity index (χ2n) is 4.02. The van der Waals surface area contributed by atoms with Gasteiger partial charge in [0.2, 0.25) is 0 Å². The van der Waals surface area contributed by atoms with E-state index < -0.39 is 5.97 Å². The van der Waals surface area contributed by atoms with Crippen LogP contribution in [0.1, 0.15) is 21.7 Å². The van der Waals surface area contributed by atoms with Crippen LogP contribution in [0.25, 0.3) is 11.4 Å². The van der Waals surface area contributed by atoms with Crippen molar-refractivity contribution in [2.45, 2.75) is 13.8 Å². The molecule has 1 aromatic carbocycles. The second-order valence-corrected chi connectivity index (χ2v) is 4.02. The molecule has 1 heterocycles. The summed E-state index contributed by atoms with van der Waals surface area (Å²) in [6.07, 6.45) is 0. The molecule has 94 valence electrons. The second kappa shape index (κ2) is 4.52. The average Bonchev–Trinajstić information content (AvgIpc) is 2.67. The number of benzene rings is 1. The van der Waals surface area contributed by atoms with Crippen LogP contribution in [0, 0.1) is 13.8 Å². The molecule has 0 aliphatic rings. The molecule has 0 radical (unpaired) electrons. The Morgan fingerprint density at radius 2 is 1.89 bits per heavy atom. The third-order valence-corrected chi connectivity index (χ3v) is 2.71. The van der Waals surface area contributed by atoms with Crippen LogP contribution in [-0.2, 0) is 0 Å². The Morgan fingerprint density at radius 3 is 2.39 bits per heavy atom. The molecule has 0 spiro atoms. The molecule has 0 bridgehead atoms. The van der Waals surface area contributed by atoms with Gasteiger partial charge < -0.3 is 9.94 Å². The van der Waals surface area contributed by atoms with Crippen LogP contribution in [0.5, 0.6) is 0 Å². The fraction of sp³-hybridized carbons (Fsp3) is 0.231. The highest BCUT2D eigenvalue weighted by Gasteiger charge is 2.21. The first-order valence-electron chi connectivity index (χ1n) is 5.48. The molecule has 0 atom stereocenters. The van der Waals surface area contributed by atoms with Gasteiger partial charge in [0.05, 0.1) is 5.69 Å². The van der Waals surface area contributed by atoms with Crippen LogP contribution in [0.3, 0.4) is 0 Å². The molecule has 1 aromatic heterocycles. The number of carboxylic acid groups (broad SMARTS) is 1. The number of aryl methyl sites for hydroxylation is 2. The Morgan fingerprint density at radius 1 is 1.28 bits per heavy atom. The molecule has 0 saturated carbocycles. The minimum absolute atomic E-state index is 0.0491. The lowest BCUT2D eigenvalue weighted by molar-refractivity contribution is 0.0640. The van der Waals surface area contributed by atoms with Crippen molar-refractivity contribution in [3.63, 3.8) is 0 Å². The summed E-state index contributed by atoms with van der Waals surface area (Å²) in [5, 5.41) is 9.14. The molecule has 0 fully saturated rings. The van der Waals surface area contributed by atoms with Crippen molar-refractivity contribution in [1.29, 1.82) is 0 Å². The Balaban J connectivity index is 2.61. The topological polar surface area (TPSA) is 64.4 Å². The molecular weight excluding hydrogens is 232 g/mol. The van der Waals surface area contributed by atoms with E-state index in [0.29, 0.717) is 11.5 Å². The molecular formula is C13H14N2O3. The van der Waals surface area contributed by atoms with E-state index in [9.17, 15) is 4.79 Å². The molecule has 0 unspecified atom stereocenters. The number of rotatable bonds is 3. The van der Waals surface area contributed by atoms with E-state index in [0.717, 1.165) is 11.1 Å². The molecule has 5 nitrogen and oxygen atoms in total. The number of imidazole rings is 1. The van der Waals surface area contributed by atoms with E-state index in [-0.39, 0.29) is 5.69 Å². The van der Waals surface area contributed by atoms with Crippen LogP contribution in [0.2, 0.25) is 0 Å². The van der Waals surface area contributed by atoms with Crippen molar-refractivity contribution in [2.75, 3.05) is 7.11 Å². The standard InChI is InChI=1S/C13H14N2O3/c1-8-4-6-10(7-5-8)12-14-9(2)11(13(16)17)15(12)18-3/h4-7H,1-3H3,(H,16,17). The Labute approximate surface area is 105 Å². The molecule has 2 aromatic rings. The zero-order valence-corrected chi connectivity index (χ0v) is 10.5. The molecule has 0 aliphatic carbocycles. The Hall–Kier alpha value is -2.30. The van der Waals surface area contributed by atoms with Crippen LogP contribution in [0.4, 0.5) is 0 Å². The van der Waals surface area contributed by atoms with Crippen molar-refractivity contribution in [1.82, 2.24) is 9.71 Å². The molecule has 0 saturated heterocycles. The van der Waals surface area contributed by atoms with Gasteiger partial charge in [0.15, 0.2) is 11.5 Å². The van der Waals surface area contributed by atoms with Crippen molar-refractivity contribution in [2.24, 2.45) is 0 Å². The zero-order chi connectivity index (χ0) is 13.3. The Bertz CT molecular complexity index is 585. The number of carbonyl (C=O) groups is 1. The quantitative estimate of drug-likeness (QED) is 0.898. The number of aromatic nitrogens is 2. The molecule has 0 amide bonds. The third kappa shape index (κ3) is 1.95. The largest absolute Gasteiger partial charge is 0.476 e. The summed E-state index contributed by atoms with van der Waals surface area (Å²) >= 11 is 0. The predicted molar refractivity (Wildman–Crippen MR) is 66.6 cm³/mol. The van der Waals surface area contributed by atoms with Gasteiger partial charge in [0.25, 0.3) is 0 Å². The van der Waals surface area contributed by atoms with Crippen molar-refractivity contribution >= 4 is 5.97 Å². The zero-order valence-electron chi connectivity index (χ0n) is 10.5. The smallest absolute Gasteiger partial charge is 0.357 e. The molecule has 2 rings (SSSR count). The van der Waals surface area contributed by atoms with Gasteiger partial charge in [-0.2, -0.15) is 4.73 Å². The molecule has 1 N–H and O–H groups in total. The van der Waals surface area contributed by atoms with E-state index >= 15 is 0 Å². The minimum Gasteiger partial charge on any atom is -0.476 e. The van der Waals surface area contributed by atoms with E-state index in [1.807, 2.05) is 31.2 Å². The SMILES string of the molecule is COn1c(-c2ccc(C)cc2)nc(C)c1C(=O)O. The molecule has 0 aliphatic heterocycles. The maximum absolute atomic E-state index is 11.2. The van der Waals surface area contributed by atoms with Gasteiger partial charge in [-0.15, -0.1) is 0 Å². The molecule has 18 heavy (non-hydrogen) atoms. The Kier molecular flexibility index (Phi) is 3.06. The third-order valence-electron chi connectivity index (χ3n) is 2.71. The van der Waals surface area contributed by atoms with Crippen LogP contribution in [0.15, 0.2) is 24.3 Å².